The Morgan fingerprint density at radius 1 is 0.577 bits per heavy atom. The Bertz CT molecular complexity index is 2460. The van der Waals surface area contributed by atoms with Crippen LogP contribution in [0, 0.1) is 6.92 Å². The molecule has 52 heavy (non-hydrogen) atoms. The largest absolute Gasteiger partial charge is 0.457 e. The number of aromatic nitrogens is 2. The minimum absolute atomic E-state index is 0.0184. The number of ether oxygens (including phenoxy) is 1. The summed E-state index contributed by atoms with van der Waals surface area (Å²) in [4.78, 5) is 9.43. The van der Waals surface area contributed by atoms with Crippen LogP contribution < -0.4 is 14.5 Å². The Kier molecular flexibility index (Phi) is 8.18. The van der Waals surface area contributed by atoms with Crippen LogP contribution in [0.3, 0.4) is 0 Å². The van der Waals surface area contributed by atoms with Gasteiger partial charge in [0.1, 0.15) is 17.3 Å². The smallest absolute Gasteiger partial charge is 0.137 e. The monoisotopic (exact) mass is 682 g/mol. The molecule has 0 spiro atoms. The summed E-state index contributed by atoms with van der Waals surface area (Å²) in [7, 11) is 0. The van der Waals surface area contributed by atoms with E-state index in [1.54, 1.807) is 0 Å². The second-order valence-corrected chi connectivity index (χ2v) is 16.0. The first-order valence-corrected chi connectivity index (χ1v) is 18.1. The lowest BCUT2D eigenvalue weighted by molar-refractivity contribution is 0.483. The zero-order chi connectivity index (χ0) is 36.2. The van der Waals surface area contributed by atoms with Crippen molar-refractivity contribution in [1.29, 1.82) is 0 Å². The third kappa shape index (κ3) is 6.21. The van der Waals surface area contributed by atoms with Crippen LogP contribution in [0.4, 0.5) is 11.4 Å². The van der Waals surface area contributed by atoms with Gasteiger partial charge in [0, 0.05) is 52.9 Å². The summed E-state index contributed by atoms with van der Waals surface area (Å²) in [5.74, 6) is 2.45. The summed E-state index contributed by atoms with van der Waals surface area (Å²) in [6.45, 7) is 16.5. The molecule has 0 fully saturated rings. The first-order chi connectivity index (χ1) is 24.9. The molecule has 0 saturated heterocycles. The highest BCUT2D eigenvalue weighted by Crippen LogP contribution is 2.44. The number of fused-ring (bicyclic) bond motifs is 3. The van der Waals surface area contributed by atoms with Gasteiger partial charge in [-0.05, 0) is 94.1 Å². The van der Waals surface area contributed by atoms with Gasteiger partial charge in [-0.2, -0.15) is 0 Å². The molecule has 0 amide bonds. The maximum absolute atomic E-state index is 6.84. The van der Waals surface area contributed by atoms with Gasteiger partial charge < -0.3 is 14.5 Å². The minimum atomic E-state index is -0.0184. The lowest BCUT2D eigenvalue weighted by Gasteiger charge is -2.22. The van der Waals surface area contributed by atoms with E-state index in [2.05, 4.69) is 184 Å². The predicted octanol–water partition coefficient (Wildman–Crippen LogP) is 12.3. The zero-order valence-corrected chi connectivity index (χ0v) is 31.2. The molecule has 2 aromatic heterocycles. The third-order valence-electron chi connectivity index (χ3n) is 10.2. The van der Waals surface area contributed by atoms with E-state index in [-0.39, 0.29) is 10.8 Å². The fourth-order valence-corrected chi connectivity index (χ4v) is 7.26. The summed E-state index contributed by atoms with van der Waals surface area (Å²) < 4.78 is 9.15. The topological polar surface area (TPSA) is 33.5 Å². The van der Waals surface area contributed by atoms with Crippen LogP contribution in [0.1, 0.15) is 58.2 Å². The number of nitrogens with zero attached hydrogens (tertiary/aromatic N) is 4. The predicted molar refractivity (Wildman–Crippen MR) is 218 cm³/mol. The fraction of sp³-hybridized carbons (Fsp3) is 0.213. The first-order valence-electron chi connectivity index (χ1n) is 18.1. The maximum atomic E-state index is 6.84. The van der Waals surface area contributed by atoms with Crippen LogP contribution in [-0.2, 0) is 10.8 Å². The third-order valence-corrected chi connectivity index (χ3v) is 10.2. The Balaban J connectivity index is 1.28. The van der Waals surface area contributed by atoms with E-state index >= 15 is 0 Å². The van der Waals surface area contributed by atoms with Crippen molar-refractivity contribution in [1.82, 2.24) is 9.55 Å². The van der Waals surface area contributed by atoms with Crippen molar-refractivity contribution in [3.05, 3.63) is 157 Å². The Hall–Kier alpha value is -5.81. The lowest BCUT2D eigenvalue weighted by Crippen LogP contribution is -2.24. The van der Waals surface area contributed by atoms with Gasteiger partial charge in [-0.15, -0.1) is 0 Å². The Morgan fingerprint density at radius 3 is 2.02 bits per heavy atom. The van der Waals surface area contributed by atoms with Crippen LogP contribution in [0.15, 0.2) is 140 Å². The highest BCUT2D eigenvalue weighted by Gasteiger charge is 2.23. The molecule has 260 valence electrons. The molecule has 0 unspecified atom stereocenters. The fourth-order valence-electron chi connectivity index (χ4n) is 7.26. The average molecular weight is 683 g/mol. The molecular weight excluding hydrogens is 637 g/mol. The van der Waals surface area contributed by atoms with Gasteiger partial charge in [-0.1, -0.05) is 102 Å². The van der Waals surface area contributed by atoms with Crippen LogP contribution in [-0.4, -0.2) is 16.2 Å². The molecule has 8 rings (SSSR count). The normalized spacial score (nSPS) is 13.4. The highest BCUT2D eigenvalue weighted by molar-refractivity contribution is 6.16. The van der Waals surface area contributed by atoms with Crippen molar-refractivity contribution in [2.24, 2.45) is 0 Å². The summed E-state index contributed by atoms with van der Waals surface area (Å²) >= 11 is 0. The second-order valence-electron chi connectivity index (χ2n) is 16.0. The summed E-state index contributed by atoms with van der Waals surface area (Å²) in [6, 6.07) is 43.2. The van der Waals surface area contributed by atoms with E-state index in [9.17, 15) is 0 Å². The highest BCUT2D eigenvalue weighted by atomic mass is 16.5. The van der Waals surface area contributed by atoms with Gasteiger partial charge in [-0.25, -0.2) is 4.98 Å². The van der Waals surface area contributed by atoms with E-state index in [1.807, 2.05) is 18.3 Å². The number of pyridine rings is 1. The van der Waals surface area contributed by atoms with Gasteiger partial charge in [0.25, 0.3) is 0 Å². The molecule has 0 aliphatic carbocycles. The number of hydrogen-bond donors (Lipinski definition) is 0. The van der Waals surface area contributed by atoms with Crippen molar-refractivity contribution < 1.29 is 4.74 Å². The van der Waals surface area contributed by atoms with E-state index in [1.165, 1.54) is 38.7 Å². The molecule has 0 bridgehead atoms. The van der Waals surface area contributed by atoms with Crippen LogP contribution in [0.25, 0.3) is 38.8 Å². The number of para-hydroxylation sites is 2. The standard InChI is InChI=1S/C47H46N4O/c1-32-26-33(46(2,3)4)20-21-39(32)41-29-38(52-37-17-13-16-36(28-37)50-25-24-49(31-50)35-14-9-8-10-15-35)30-43-45(41)40-18-11-12-19-42(40)51(43)44-27-34(22-23-48-44)47(5,6)7/h8-30H,31H2,1-7H3. The molecule has 1 aliphatic heterocycles. The maximum Gasteiger partial charge on any atom is 0.137 e. The number of anilines is 2. The van der Waals surface area contributed by atoms with E-state index in [0.717, 1.165) is 46.3 Å². The van der Waals surface area contributed by atoms with E-state index in [0.29, 0.717) is 0 Å². The van der Waals surface area contributed by atoms with Gasteiger partial charge in [0.05, 0.1) is 17.7 Å². The molecule has 3 heterocycles. The molecule has 1 aliphatic rings. The van der Waals surface area contributed by atoms with Crippen LogP contribution >= 0.6 is 0 Å². The number of benzene rings is 5. The molecule has 0 saturated carbocycles. The van der Waals surface area contributed by atoms with Gasteiger partial charge >= 0.3 is 0 Å². The Morgan fingerprint density at radius 2 is 1.27 bits per heavy atom. The van der Waals surface area contributed by atoms with Crippen molar-refractivity contribution >= 4 is 33.2 Å². The second kappa shape index (κ2) is 12.8. The number of aryl methyl sites for hydroxylation is 1. The number of rotatable bonds is 6. The summed E-state index contributed by atoms with van der Waals surface area (Å²) in [6.07, 6.45) is 6.18. The van der Waals surface area contributed by atoms with Crippen LogP contribution in [0.2, 0.25) is 0 Å². The van der Waals surface area contributed by atoms with E-state index in [4.69, 9.17) is 9.72 Å². The van der Waals surface area contributed by atoms with Gasteiger partial charge in [0.2, 0.25) is 0 Å². The Labute approximate surface area is 307 Å². The zero-order valence-electron chi connectivity index (χ0n) is 31.2. The first kappa shape index (κ1) is 33.3. The van der Waals surface area contributed by atoms with Crippen LogP contribution in [0.5, 0.6) is 11.5 Å². The average Bonchev–Trinajstić information content (AvgIpc) is 3.75. The number of hydrogen-bond acceptors (Lipinski definition) is 4. The quantitative estimate of drug-likeness (QED) is 0.175. The van der Waals surface area contributed by atoms with Gasteiger partial charge in [0.15, 0.2) is 0 Å². The lowest BCUT2D eigenvalue weighted by atomic mass is 9.84. The molecule has 0 atom stereocenters. The minimum Gasteiger partial charge on any atom is -0.457 e. The SMILES string of the molecule is Cc1cc(C(C)(C)C)ccc1-c1cc(Oc2cccc(N3C=CN(c4ccccc4)C3)c2)cc2c1c1ccccc1n2-c1cc(C(C)(C)C)ccn1. The van der Waals surface area contributed by atoms with Crippen molar-refractivity contribution in [2.45, 2.75) is 59.3 Å². The molecule has 0 N–H and O–H groups in total. The van der Waals surface area contributed by atoms with Crippen molar-refractivity contribution in [3.63, 3.8) is 0 Å². The molecule has 0 radical (unpaired) electrons. The summed E-state index contributed by atoms with van der Waals surface area (Å²) in [5.41, 5.74) is 10.6. The van der Waals surface area contributed by atoms with Crippen molar-refractivity contribution in [3.8, 4) is 28.4 Å². The molecule has 5 nitrogen and oxygen atoms in total. The van der Waals surface area contributed by atoms with Crippen molar-refractivity contribution in [2.75, 3.05) is 16.5 Å². The molecule has 5 heteroatoms. The molecule has 5 aromatic carbocycles. The van der Waals surface area contributed by atoms with Gasteiger partial charge in [-0.3, -0.25) is 4.57 Å². The molecular formula is C47H46N4O. The molecule has 7 aromatic rings. The van der Waals surface area contributed by atoms with E-state index < -0.39 is 0 Å². The summed E-state index contributed by atoms with van der Waals surface area (Å²) in [5, 5.41) is 2.38.